The Balaban J connectivity index is 2.41. The molecule has 1 rings (SSSR count). The van der Waals surface area contributed by atoms with Crippen LogP contribution in [-0.4, -0.2) is 39.7 Å². The maximum absolute atomic E-state index is 11.2. The van der Waals surface area contributed by atoms with Gasteiger partial charge < -0.3 is 10.2 Å². The summed E-state index contributed by atoms with van der Waals surface area (Å²) in [5.41, 5.74) is 0. The van der Waals surface area contributed by atoms with E-state index in [1.165, 1.54) is 11.2 Å². The molecule has 0 saturated carbocycles. The van der Waals surface area contributed by atoms with Crippen LogP contribution in [-0.2, 0) is 6.54 Å². The van der Waals surface area contributed by atoms with Gasteiger partial charge in [-0.1, -0.05) is 0 Å². The molecule has 0 spiro atoms. The van der Waals surface area contributed by atoms with Crippen molar-refractivity contribution in [3.05, 3.63) is 12.2 Å². The van der Waals surface area contributed by atoms with E-state index in [1.807, 2.05) is 6.92 Å². The van der Waals surface area contributed by atoms with Gasteiger partial charge in [-0.25, -0.2) is 9.78 Å². The first-order valence-corrected chi connectivity index (χ1v) is 4.07. The fourth-order valence-corrected chi connectivity index (χ4v) is 0.890. The van der Waals surface area contributed by atoms with Crippen molar-refractivity contribution < 1.29 is 4.79 Å². The van der Waals surface area contributed by atoms with Crippen molar-refractivity contribution in [2.75, 3.05) is 13.6 Å². The number of H-pyrrole nitrogens is 1. The number of rotatable bonds is 3. The minimum absolute atomic E-state index is 0.112. The first-order valence-electron chi connectivity index (χ1n) is 4.07. The van der Waals surface area contributed by atoms with Crippen LogP contribution in [0.2, 0.25) is 0 Å². The SMILES string of the molecule is CCNC(=O)N(C)Cc1ncn[nH]1. The van der Waals surface area contributed by atoms with E-state index in [4.69, 9.17) is 0 Å². The van der Waals surface area contributed by atoms with Crippen molar-refractivity contribution >= 4 is 6.03 Å². The van der Waals surface area contributed by atoms with Crippen LogP contribution in [0.15, 0.2) is 6.33 Å². The summed E-state index contributed by atoms with van der Waals surface area (Å²) < 4.78 is 0. The molecule has 6 nitrogen and oxygen atoms in total. The Morgan fingerprint density at radius 1 is 1.77 bits per heavy atom. The third-order valence-corrected chi connectivity index (χ3v) is 1.53. The first kappa shape index (κ1) is 9.50. The average molecular weight is 183 g/mol. The molecule has 0 aliphatic heterocycles. The van der Waals surface area contributed by atoms with Gasteiger partial charge in [0, 0.05) is 13.6 Å². The number of nitrogens with zero attached hydrogens (tertiary/aromatic N) is 3. The highest BCUT2D eigenvalue weighted by molar-refractivity contribution is 5.73. The molecule has 1 heterocycles. The zero-order valence-corrected chi connectivity index (χ0v) is 7.74. The van der Waals surface area contributed by atoms with Crippen molar-refractivity contribution in [3.63, 3.8) is 0 Å². The standard InChI is InChI=1S/C7H13N5O/c1-3-8-7(13)12(2)4-6-9-5-10-11-6/h5H,3-4H2,1-2H3,(H,8,13)(H,9,10,11). The predicted octanol–water partition coefficient (Wildman–Crippen LogP) is -0.0340. The molecule has 2 amide bonds. The van der Waals surface area contributed by atoms with Gasteiger partial charge in [0.25, 0.3) is 0 Å². The van der Waals surface area contributed by atoms with Crippen LogP contribution in [0.5, 0.6) is 0 Å². The lowest BCUT2D eigenvalue weighted by Crippen LogP contribution is -2.36. The lowest BCUT2D eigenvalue weighted by Gasteiger charge is -2.15. The van der Waals surface area contributed by atoms with Crippen LogP contribution in [0.25, 0.3) is 0 Å². The summed E-state index contributed by atoms with van der Waals surface area (Å²) in [4.78, 5) is 16.7. The molecule has 1 aromatic heterocycles. The zero-order chi connectivity index (χ0) is 9.68. The van der Waals surface area contributed by atoms with Crippen LogP contribution in [0.3, 0.4) is 0 Å². The van der Waals surface area contributed by atoms with E-state index in [9.17, 15) is 4.79 Å². The van der Waals surface area contributed by atoms with Gasteiger partial charge in [-0.2, -0.15) is 5.10 Å². The highest BCUT2D eigenvalue weighted by Gasteiger charge is 2.08. The summed E-state index contributed by atoms with van der Waals surface area (Å²) in [5, 5.41) is 9.05. The molecule has 72 valence electrons. The second-order valence-corrected chi connectivity index (χ2v) is 2.62. The number of hydrogen-bond acceptors (Lipinski definition) is 3. The van der Waals surface area contributed by atoms with Crippen LogP contribution in [0, 0.1) is 0 Å². The highest BCUT2D eigenvalue weighted by atomic mass is 16.2. The van der Waals surface area contributed by atoms with Crippen molar-refractivity contribution in [2.45, 2.75) is 13.5 Å². The average Bonchev–Trinajstić information content (AvgIpc) is 2.57. The van der Waals surface area contributed by atoms with E-state index in [0.29, 0.717) is 18.9 Å². The van der Waals surface area contributed by atoms with Crippen molar-refractivity contribution in [1.29, 1.82) is 0 Å². The highest BCUT2D eigenvalue weighted by Crippen LogP contribution is 1.93. The number of aromatic nitrogens is 3. The van der Waals surface area contributed by atoms with Gasteiger partial charge >= 0.3 is 6.03 Å². The van der Waals surface area contributed by atoms with Gasteiger partial charge in [-0.15, -0.1) is 0 Å². The number of hydrogen-bond donors (Lipinski definition) is 2. The third-order valence-electron chi connectivity index (χ3n) is 1.53. The third kappa shape index (κ3) is 2.73. The molecule has 0 atom stereocenters. The molecule has 0 radical (unpaired) electrons. The Labute approximate surface area is 76.3 Å². The second-order valence-electron chi connectivity index (χ2n) is 2.62. The van der Waals surface area contributed by atoms with Crippen LogP contribution < -0.4 is 5.32 Å². The number of aromatic amines is 1. The predicted molar refractivity (Wildman–Crippen MR) is 46.9 cm³/mol. The van der Waals surface area contributed by atoms with Crippen LogP contribution in [0.4, 0.5) is 4.79 Å². The van der Waals surface area contributed by atoms with Crippen molar-refractivity contribution in [3.8, 4) is 0 Å². The van der Waals surface area contributed by atoms with Gasteiger partial charge in [-0.05, 0) is 6.92 Å². The Morgan fingerprint density at radius 3 is 3.08 bits per heavy atom. The minimum atomic E-state index is -0.112. The summed E-state index contributed by atoms with van der Waals surface area (Å²) in [7, 11) is 1.70. The van der Waals surface area contributed by atoms with Crippen molar-refractivity contribution in [2.24, 2.45) is 0 Å². The lowest BCUT2D eigenvalue weighted by atomic mass is 10.5. The largest absolute Gasteiger partial charge is 0.338 e. The van der Waals surface area contributed by atoms with E-state index in [1.54, 1.807) is 7.05 Å². The summed E-state index contributed by atoms with van der Waals surface area (Å²) in [6, 6.07) is -0.112. The van der Waals surface area contributed by atoms with E-state index in [0.717, 1.165) is 0 Å². The van der Waals surface area contributed by atoms with Gasteiger partial charge in [0.05, 0.1) is 6.54 Å². The van der Waals surface area contributed by atoms with Gasteiger partial charge in [0.15, 0.2) is 0 Å². The van der Waals surface area contributed by atoms with E-state index in [2.05, 4.69) is 20.5 Å². The normalized spacial score (nSPS) is 9.69. The van der Waals surface area contributed by atoms with Gasteiger partial charge in [0.1, 0.15) is 12.2 Å². The molecule has 0 aliphatic carbocycles. The Hall–Kier alpha value is -1.59. The number of nitrogens with one attached hydrogen (secondary N) is 2. The van der Waals surface area contributed by atoms with Gasteiger partial charge in [-0.3, -0.25) is 5.10 Å². The summed E-state index contributed by atoms with van der Waals surface area (Å²) in [6.45, 7) is 2.94. The summed E-state index contributed by atoms with van der Waals surface area (Å²) >= 11 is 0. The molecule has 0 bridgehead atoms. The molecule has 1 aromatic rings. The van der Waals surface area contributed by atoms with Crippen LogP contribution in [0.1, 0.15) is 12.7 Å². The molecule has 2 N–H and O–H groups in total. The topological polar surface area (TPSA) is 73.9 Å². The Bertz CT molecular complexity index is 258. The fourth-order valence-electron chi connectivity index (χ4n) is 0.890. The quantitative estimate of drug-likeness (QED) is 0.690. The fraction of sp³-hybridized carbons (Fsp3) is 0.571. The molecule has 0 aliphatic rings. The molecule has 6 heteroatoms. The maximum Gasteiger partial charge on any atom is 0.317 e. The minimum Gasteiger partial charge on any atom is -0.338 e. The maximum atomic E-state index is 11.2. The van der Waals surface area contributed by atoms with E-state index >= 15 is 0 Å². The molecule has 13 heavy (non-hydrogen) atoms. The summed E-state index contributed by atoms with van der Waals surface area (Å²) in [6.07, 6.45) is 1.42. The Kier molecular flexibility index (Phi) is 3.24. The number of urea groups is 1. The number of carbonyl (C=O) groups excluding carboxylic acids is 1. The van der Waals surface area contributed by atoms with Gasteiger partial charge in [0.2, 0.25) is 0 Å². The molecular formula is C7H13N5O. The molecule has 0 aromatic carbocycles. The molecular weight excluding hydrogens is 170 g/mol. The van der Waals surface area contributed by atoms with E-state index < -0.39 is 0 Å². The first-order chi connectivity index (χ1) is 6.24. The monoisotopic (exact) mass is 183 g/mol. The molecule has 0 unspecified atom stereocenters. The number of carbonyl (C=O) groups is 1. The summed E-state index contributed by atoms with van der Waals surface area (Å²) in [5.74, 6) is 0.675. The van der Waals surface area contributed by atoms with Crippen LogP contribution >= 0.6 is 0 Å². The molecule has 0 fully saturated rings. The number of amides is 2. The molecule has 0 saturated heterocycles. The smallest absolute Gasteiger partial charge is 0.317 e. The zero-order valence-electron chi connectivity index (χ0n) is 7.74. The second kappa shape index (κ2) is 4.44. The van der Waals surface area contributed by atoms with E-state index in [-0.39, 0.29) is 6.03 Å². The Morgan fingerprint density at radius 2 is 2.54 bits per heavy atom. The lowest BCUT2D eigenvalue weighted by molar-refractivity contribution is 0.206. The van der Waals surface area contributed by atoms with Crippen molar-refractivity contribution in [1.82, 2.24) is 25.4 Å².